The van der Waals surface area contributed by atoms with Gasteiger partial charge in [-0.1, -0.05) is 13.0 Å². The first kappa shape index (κ1) is 26.7. The molecule has 0 aliphatic carbocycles. The molecule has 2 aromatic heterocycles. The minimum absolute atomic E-state index is 0.00970. The van der Waals surface area contributed by atoms with E-state index in [9.17, 15) is 21.6 Å². The molecule has 7 nitrogen and oxygen atoms in total. The van der Waals surface area contributed by atoms with Crippen LogP contribution in [0.15, 0.2) is 35.8 Å². The number of anilines is 1. The maximum atomic E-state index is 15.3. The van der Waals surface area contributed by atoms with Crippen molar-refractivity contribution < 1.29 is 30.7 Å². The fourth-order valence-electron chi connectivity index (χ4n) is 4.07. The van der Waals surface area contributed by atoms with Crippen molar-refractivity contribution in [2.75, 3.05) is 23.7 Å². The fraction of sp³-hybridized carbons (Fsp3) is 0.409. The molecule has 1 aromatic carbocycles. The SMILES string of the molecule is CC1(c2nc(-c3cccc(NS(=O)(=O)CCC(F)(F)F)c3F)cs2)COCCC1c1ccnc(Cl)n1. The second kappa shape index (κ2) is 10.2. The number of sulfonamides is 1. The number of nitrogens with zero attached hydrogens (tertiary/aromatic N) is 3. The lowest BCUT2D eigenvalue weighted by molar-refractivity contribution is -0.129. The van der Waals surface area contributed by atoms with E-state index in [2.05, 4.69) is 15.0 Å². The number of hydrogen-bond donors (Lipinski definition) is 1. The van der Waals surface area contributed by atoms with Crippen LogP contribution in [0.4, 0.5) is 23.2 Å². The number of thiazole rings is 1. The molecule has 0 bridgehead atoms. The summed E-state index contributed by atoms with van der Waals surface area (Å²) < 4.78 is 84.3. The van der Waals surface area contributed by atoms with E-state index in [1.807, 2.05) is 11.6 Å². The van der Waals surface area contributed by atoms with Crippen LogP contribution in [0.2, 0.25) is 5.28 Å². The largest absolute Gasteiger partial charge is 0.390 e. The van der Waals surface area contributed by atoms with Crippen molar-refractivity contribution in [1.82, 2.24) is 15.0 Å². The Morgan fingerprint density at radius 2 is 2.06 bits per heavy atom. The minimum Gasteiger partial charge on any atom is -0.380 e. The van der Waals surface area contributed by atoms with Gasteiger partial charge in [-0.25, -0.2) is 27.8 Å². The molecule has 3 aromatic rings. The molecule has 2 unspecified atom stereocenters. The molecular weight excluding hydrogens is 544 g/mol. The van der Waals surface area contributed by atoms with Crippen LogP contribution in [0.25, 0.3) is 11.3 Å². The third kappa shape index (κ3) is 5.96. The lowest BCUT2D eigenvalue weighted by Crippen LogP contribution is -2.40. The number of hydrogen-bond acceptors (Lipinski definition) is 7. The van der Waals surface area contributed by atoms with Gasteiger partial charge in [0.1, 0.15) is 5.01 Å². The molecule has 3 heterocycles. The summed E-state index contributed by atoms with van der Waals surface area (Å²) in [4.78, 5) is 12.9. The molecule has 0 spiro atoms. The van der Waals surface area contributed by atoms with Gasteiger partial charge in [0.15, 0.2) is 5.82 Å². The van der Waals surface area contributed by atoms with Crippen LogP contribution in [0.1, 0.15) is 36.4 Å². The van der Waals surface area contributed by atoms with E-state index in [0.29, 0.717) is 24.6 Å². The summed E-state index contributed by atoms with van der Waals surface area (Å²) in [5.41, 5.74) is -0.0546. The highest BCUT2D eigenvalue weighted by molar-refractivity contribution is 7.92. The van der Waals surface area contributed by atoms with Gasteiger partial charge in [-0.3, -0.25) is 4.72 Å². The average molecular weight is 565 g/mol. The lowest BCUT2D eigenvalue weighted by atomic mass is 9.73. The molecule has 1 fully saturated rings. The Kier molecular flexibility index (Phi) is 7.56. The van der Waals surface area contributed by atoms with Gasteiger partial charge in [0, 0.05) is 35.4 Å². The molecule has 194 valence electrons. The molecule has 2 atom stereocenters. The highest BCUT2D eigenvalue weighted by atomic mass is 35.5. The number of halogens is 5. The zero-order valence-electron chi connectivity index (χ0n) is 18.8. The van der Waals surface area contributed by atoms with Crippen molar-refractivity contribution in [3.8, 4) is 11.3 Å². The molecule has 1 N–H and O–H groups in total. The van der Waals surface area contributed by atoms with Crippen LogP contribution in [-0.4, -0.2) is 48.5 Å². The average Bonchev–Trinajstić information content (AvgIpc) is 3.30. The molecule has 0 radical (unpaired) electrons. The van der Waals surface area contributed by atoms with Crippen LogP contribution in [-0.2, 0) is 20.2 Å². The monoisotopic (exact) mass is 564 g/mol. The first-order valence-electron chi connectivity index (χ1n) is 10.8. The van der Waals surface area contributed by atoms with Gasteiger partial charge in [0.2, 0.25) is 15.3 Å². The van der Waals surface area contributed by atoms with E-state index in [1.54, 1.807) is 17.6 Å². The maximum Gasteiger partial charge on any atom is 0.390 e. The Bertz CT molecular complexity index is 1350. The van der Waals surface area contributed by atoms with Gasteiger partial charge >= 0.3 is 6.18 Å². The second-order valence-electron chi connectivity index (χ2n) is 8.55. The maximum absolute atomic E-state index is 15.3. The fourth-order valence-corrected chi connectivity index (χ4v) is 6.34. The van der Waals surface area contributed by atoms with Gasteiger partial charge in [0.25, 0.3) is 0 Å². The normalized spacial score (nSPS) is 20.9. The number of nitrogens with one attached hydrogen (secondary N) is 1. The van der Waals surface area contributed by atoms with Crippen LogP contribution < -0.4 is 4.72 Å². The van der Waals surface area contributed by atoms with E-state index in [1.165, 1.54) is 23.5 Å². The summed E-state index contributed by atoms with van der Waals surface area (Å²) >= 11 is 7.29. The van der Waals surface area contributed by atoms with Gasteiger partial charge in [-0.2, -0.15) is 13.2 Å². The number of rotatable bonds is 7. The van der Waals surface area contributed by atoms with Gasteiger partial charge < -0.3 is 4.74 Å². The number of ether oxygens (including phenoxy) is 1. The summed E-state index contributed by atoms with van der Waals surface area (Å²) in [6.07, 6.45) is -3.97. The summed E-state index contributed by atoms with van der Waals surface area (Å²) in [5.74, 6) is -2.25. The Hall–Kier alpha value is -2.35. The Labute approximate surface area is 214 Å². The van der Waals surface area contributed by atoms with Crippen molar-refractivity contribution >= 4 is 38.6 Å². The van der Waals surface area contributed by atoms with E-state index in [4.69, 9.17) is 16.3 Å². The van der Waals surface area contributed by atoms with Crippen LogP contribution in [0, 0.1) is 5.82 Å². The summed E-state index contributed by atoms with van der Waals surface area (Å²) in [6.45, 7) is 2.83. The third-order valence-corrected chi connectivity index (χ3v) is 8.49. The zero-order valence-corrected chi connectivity index (χ0v) is 21.2. The predicted octanol–water partition coefficient (Wildman–Crippen LogP) is 5.55. The molecular formula is C22H21ClF4N4O3S2. The van der Waals surface area contributed by atoms with Crippen molar-refractivity contribution in [2.45, 2.75) is 37.3 Å². The summed E-state index contributed by atoms with van der Waals surface area (Å²) in [6, 6.07) is 5.74. The van der Waals surface area contributed by atoms with Gasteiger partial charge in [-0.15, -0.1) is 11.3 Å². The molecule has 0 saturated carbocycles. The van der Waals surface area contributed by atoms with Crippen LogP contribution >= 0.6 is 22.9 Å². The predicted molar refractivity (Wildman–Crippen MR) is 128 cm³/mol. The van der Waals surface area contributed by atoms with Crippen molar-refractivity contribution in [3.05, 3.63) is 57.6 Å². The topological polar surface area (TPSA) is 94.1 Å². The van der Waals surface area contributed by atoms with Gasteiger partial charge in [-0.05, 0) is 36.2 Å². The molecule has 0 amide bonds. The zero-order chi connectivity index (χ0) is 26.1. The minimum atomic E-state index is -4.65. The molecule has 4 rings (SSSR count). The van der Waals surface area contributed by atoms with Crippen molar-refractivity contribution in [1.29, 1.82) is 0 Å². The number of aromatic nitrogens is 3. The standard InChI is InChI=1S/C22H21ClF4N4O3S2/c1-21(12-34-9-6-14(21)15-5-8-28-20(23)30-15)19-29-17(11-35-19)13-3-2-4-16(18(13)24)31-36(32,33)10-7-22(25,26)27/h2-5,8,11,14,31H,6-7,9-10,12H2,1H3. The highest BCUT2D eigenvalue weighted by Crippen LogP contribution is 2.45. The number of alkyl halides is 3. The number of benzene rings is 1. The molecule has 1 aliphatic heterocycles. The Morgan fingerprint density at radius 1 is 1.28 bits per heavy atom. The van der Waals surface area contributed by atoms with Crippen molar-refractivity contribution in [2.24, 2.45) is 0 Å². The van der Waals surface area contributed by atoms with E-state index in [0.717, 1.165) is 11.8 Å². The highest BCUT2D eigenvalue weighted by Gasteiger charge is 2.43. The van der Waals surface area contributed by atoms with E-state index in [-0.39, 0.29) is 22.5 Å². The smallest absolute Gasteiger partial charge is 0.380 e. The Balaban J connectivity index is 1.62. The third-order valence-electron chi connectivity index (χ3n) is 5.91. The Morgan fingerprint density at radius 3 is 2.78 bits per heavy atom. The molecule has 1 saturated heterocycles. The van der Waals surface area contributed by atoms with Crippen molar-refractivity contribution in [3.63, 3.8) is 0 Å². The molecule has 36 heavy (non-hydrogen) atoms. The summed E-state index contributed by atoms with van der Waals surface area (Å²) in [7, 11) is -4.42. The van der Waals surface area contributed by atoms with E-state index < -0.39 is 45.3 Å². The first-order chi connectivity index (χ1) is 16.9. The molecule has 1 aliphatic rings. The van der Waals surface area contributed by atoms with Crippen LogP contribution in [0.5, 0.6) is 0 Å². The quantitative estimate of drug-likeness (QED) is 0.299. The summed E-state index contributed by atoms with van der Waals surface area (Å²) in [5, 5.41) is 2.42. The van der Waals surface area contributed by atoms with Gasteiger partial charge in [0.05, 0.1) is 35.6 Å². The van der Waals surface area contributed by atoms with Crippen LogP contribution in [0.3, 0.4) is 0 Å². The van der Waals surface area contributed by atoms with E-state index >= 15 is 4.39 Å². The first-order valence-corrected chi connectivity index (χ1v) is 13.7. The lowest BCUT2D eigenvalue weighted by Gasteiger charge is -2.39. The second-order valence-corrected chi connectivity index (χ2v) is 11.6. The molecule has 14 heteroatoms.